The molecule has 2 aromatic rings. The van der Waals surface area contributed by atoms with Crippen molar-refractivity contribution in [3.8, 4) is 5.75 Å². The van der Waals surface area contributed by atoms with Gasteiger partial charge in [0.25, 0.3) is 5.91 Å². The van der Waals surface area contributed by atoms with E-state index in [-0.39, 0.29) is 16.2 Å². The van der Waals surface area contributed by atoms with Gasteiger partial charge < -0.3 is 10.1 Å². The molecule has 0 atom stereocenters. The first-order chi connectivity index (χ1) is 12.9. The number of ether oxygens (including phenoxy) is 1. The summed E-state index contributed by atoms with van der Waals surface area (Å²) < 4.78 is 46.1. The first kappa shape index (κ1) is 19.3. The minimum Gasteiger partial charge on any atom is -0.492 e. The summed E-state index contributed by atoms with van der Waals surface area (Å²) >= 11 is 0. The van der Waals surface area contributed by atoms with Crippen LogP contribution in [-0.4, -0.2) is 38.3 Å². The Labute approximate surface area is 158 Å². The first-order valence-corrected chi connectivity index (χ1v) is 10.2. The summed E-state index contributed by atoms with van der Waals surface area (Å²) in [5.41, 5.74) is 0.443. The highest BCUT2D eigenvalue weighted by Crippen LogP contribution is 2.31. The largest absolute Gasteiger partial charge is 0.492 e. The predicted molar refractivity (Wildman–Crippen MR) is 100.0 cm³/mol. The van der Waals surface area contributed by atoms with Crippen LogP contribution in [-0.2, 0) is 10.0 Å². The minimum absolute atomic E-state index is 0.0169. The number of nitrogens with zero attached hydrogens (tertiary/aromatic N) is 1. The van der Waals surface area contributed by atoms with Crippen LogP contribution in [0.4, 0.5) is 10.1 Å². The Bertz CT molecular complexity index is 940. The highest BCUT2D eigenvalue weighted by Gasteiger charge is 2.30. The zero-order valence-electron chi connectivity index (χ0n) is 14.9. The van der Waals surface area contributed by atoms with E-state index >= 15 is 0 Å². The van der Waals surface area contributed by atoms with Gasteiger partial charge in [0.05, 0.1) is 6.61 Å². The molecule has 1 heterocycles. The van der Waals surface area contributed by atoms with Crippen molar-refractivity contribution in [3.05, 3.63) is 53.8 Å². The maximum absolute atomic E-state index is 13.3. The summed E-state index contributed by atoms with van der Waals surface area (Å²) in [4.78, 5) is 12.3. The van der Waals surface area contributed by atoms with Crippen molar-refractivity contribution in [2.24, 2.45) is 0 Å². The van der Waals surface area contributed by atoms with E-state index in [0.29, 0.717) is 25.4 Å². The Balaban J connectivity index is 1.92. The molecule has 8 heteroatoms. The van der Waals surface area contributed by atoms with Gasteiger partial charge in [-0.3, -0.25) is 4.79 Å². The lowest BCUT2D eigenvalue weighted by molar-refractivity contribution is 0.102. The van der Waals surface area contributed by atoms with Crippen LogP contribution in [0.25, 0.3) is 0 Å². The van der Waals surface area contributed by atoms with Crippen molar-refractivity contribution in [3.63, 3.8) is 0 Å². The molecule has 0 unspecified atom stereocenters. The molecule has 0 bridgehead atoms. The molecule has 1 aliphatic heterocycles. The summed E-state index contributed by atoms with van der Waals surface area (Å²) in [5, 5.41) is 2.61. The Morgan fingerprint density at radius 1 is 1.19 bits per heavy atom. The first-order valence-electron chi connectivity index (χ1n) is 8.75. The second-order valence-corrected chi connectivity index (χ2v) is 8.08. The molecule has 1 fully saturated rings. The van der Waals surface area contributed by atoms with Gasteiger partial charge in [-0.2, -0.15) is 4.31 Å². The van der Waals surface area contributed by atoms with Gasteiger partial charge in [-0.05, 0) is 56.2 Å². The molecule has 0 radical (unpaired) electrons. The maximum atomic E-state index is 13.3. The molecular weight excluding hydrogens is 371 g/mol. The number of carbonyl (C=O) groups excluding carboxylic acids is 1. The number of amides is 1. The number of nitrogens with one attached hydrogen (secondary N) is 1. The lowest BCUT2D eigenvalue weighted by Gasteiger charge is -2.19. The zero-order valence-corrected chi connectivity index (χ0v) is 15.8. The number of anilines is 1. The molecule has 0 aromatic heterocycles. The standard InChI is InChI=1S/C19H21FN2O4S/c1-2-26-17-9-8-16(21-19(23)14-6-5-7-15(20)12-14)13-18(17)27(24,25)22-10-3-4-11-22/h5-9,12-13H,2-4,10-11H2,1H3,(H,21,23). The van der Waals surface area contributed by atoms with Crippen molar-refractivity contribution in [1.29, 1.82) is 0 Å². The van der Waals surface area contributed by atoms with Gasteiger partial charge in [0.15, 0.2) is 0 Å². The molecule has 2 aromatic carbocycles. The van der Waals surface area contributed by atoms with Crippen LogP contribution in [0.5, 0.6) is 5.75 Å². The Hall–Kier alpha value is -2.45. The zero-order chi connectivity index (χ0) is 19.4. The highest BCUT2D eigenvalue weighted by atomic mass is 32.2. The molecule has 1 aliphatic rings. The van der Waals surface area contributed by atoms with Crippen LogP contribution < -0.4 is 10.1 Å². The third-order valence-corrected chi connectivity index (χ3v) is 6.19. The van der Waals surface area contributed by atoms with Crippen LogP contribution in [0, 0.1) is 5.82 Å². The highest BCUT2D eigenvalue weighted by molar-refractivity contribution is 7.89. The second kappa shape index (κ2) is 8.06. The van der Waals surface area contributed by atoms with Gasteiger partial charge in [-0.15, -0.1) is 0 Å². The van der Waals surface area contributed by atoms with E-state index in [2.05, 4.69) is 5.32 Å². The number of halogens is 1. The third-order valence-electron chi connectivity index (χ3n) is 4.27. The van der Waals surface area contributed by atoms with Crippen molar-refractivity contribution >= 4 is 21.6 Å². The molecule has 3 rings (SSSR count). The molecule has 1 saturated heterocycles. The van der Waals surface area contributed by atoms with E-state index in [1.54, 1.807) is 13.0 Å². The van der Waals surface area contributed by atoms with Gasteiger partial charge in [-0.25, -0.2) is 12.8 Å². The molecule has 1 amide bonds. The van der Waals surface area contributed by atoms with E-state index in [0.717, 1.165) is 18.9 Å². The van der Waals surface area contributed by atoms with Gasteiger partial charge in [0, 0.05) is 24.3 Å². The number of sulfonamides is 1. The number of rotatable bonds is 6. The minimum atomic E-state index is -3.72. The molecule has 1 N–H and O–H groups in total. The average Bonchev–Trinajstić information content (AvgIpc) is 3.18. The number of hydrogen-bond acceptors (Lipinski definition) is 4. The molecular formula is C19H21FN2O4S. The summed E-state index contributed by atoms with van der Waals surface area (Å²) in [7, 11) is -3.72. The summed E-state index contributed by atoms with van der Waals surface area (Å²) in [5.74, 6) is -0.803. The second-order valence-electron chi connectivity index (χ2n) is 6.17. The van der Waals surface area contributed by atoms with Gasteiger partial charge in [0.2, 0.25) is 10.0 Å². The van der Waals surface area contributed by atoms with Crippen molar-refractivity contribution in [1.82, 2.24) is 4.31 Å². The number of hydrogen-bond donors (Lipinski definition) is 1. The summed E-state index contributed by atoms with van der Waals surface area (Å²) in [6, 6.07) is 9.75. The van der Waals surface area contributed by atoms with Crippen LogP contribution in [0.2, 0.25) is 0 Å². The molecule has 27 heavy (non-hydrogen) atoms. The van der Waals surface area contributed by atoms with E-state index in [1.807, 2.05) is 0 Å². The average molecular weight is 392 g/mol. The molecule has 0 spiro atoms. The summed E-state index contributed by atoms with van der Waals surface area (Å²) in [6.07, 6.45) is 1.64. The van der Waals surface area contributed by atoms with Crippen LogP contribution in [0.1, 0.15) is 30.1 Å². The molecule has 144 valence electrons. The Morgan fingerprint density at radius 3 is 2.59 bits per heavy atom. The van der Waals surface area contributed by atoms with Crippen molar-refractivity contribution in [2.45, 2.75) is 24.7 Å². The predicted octanol–water partition coefficient (Wildman–Crippen LogP) is 3.26. The lowest BCUT2D eigenvalue weighted by atomic mass is 10.2. The topological polar surface area (TPSA) is 75.7 Å². The molecule has 6 nitrogen and oxygen atoms in total. The van der Waals surface area contributed by atoms with E-state index in [1.165, 1.54) is 34.6 Å². The fourth-order valence-electron chi connectivity index (χ4n) is 2.96. The van der Waals surface area contributed by atoms with Crippen LogP contribution >= 0.6 is 0 Å². The van der Waals surface area contributed by atoms with E-state index in [9.17, 15) is 17.6 Å². The maximum Gasteiger partial charge on any atom is 0.255 e. The lowest BCUT2D eigenvalue weighted by Crippen LogP contribution is -2.28. The Kier molecular flexibility index (Phi) is 5.76. The van der Waals surface area contributed by atoms with E-state index < -0.39 is 21.7 Å². The van der Waals surface area contributed by atoms with Gasteiger partial charge >= 0.3 is 0 Å². The van der Waals surface area contributed by atoms with Crippen molar-refractivity contribution < 1.29 is 22.3 Å². The summed E-state index contributed by atoms with van der Waals surface area (Å²) in [6.45, 7) is 3.02. The molecule has 0 aliphatic carbocycles. The van der Waals surface area contributed by atoms with Crippen LogP contribution in [0.15, 0.2) is 47.4 Å². The molecule has 0 saturated carbocycles. The fourth-order valence-corrected chi connectivity index (χ4v) is 4.64. The Morgan fingerprint density at radius 2 is 1.93 bits per heavy atom. The number of carbonyl (C=O) groups is 1. The number of benzene rings is 2. The van der Waals surface area contributed by atoms with Crippen molar-refractivity contribution in [2.75, 3.05) is 25.0 Å². The normalized spacial score (nSPS) is 14.9. The third kappa shape index (κ3) is 4.28. The monoisotopic (exact) mass is 392 g/mol. The van der Waals surface area contributed by atoms with Gasteiger partial charge in [-0.1, -0.05) is 6.07 Å². The van der Waals surface area contributed by atoms with Crippen LogP contribution in [0.3, 0.4) is 0 Å². The quantitative estimate of drug-likeness (QED) is 0.819. The fraction of sp³-hybridized carbons (Fsp3) is 0.316. The van der Waals surface area contributed by atoms with Gasteiger partial charge in [0.1, 0.15) is 16.5 Å². The SMILES string of the molecule is CCOc1ccc(NC(=O)c2cccc(F)c2)cc1S(=O)(=O)N1CCCC1. The smallest absolute Gasteiger partial charge is 0.255 e. The van der Waals surface area contributed by atoms with E-state index in [4.69, 9.17) is 4.74 Å².